The Balaban J connectivity index is 1.94. The van der Waals surface area contributed by atoms with Gasteiger partial charge in [0.1, 0.15) is 17.1 Å². The molecule has 3 aromatic rings. The maximum Gasteiger partial charge on any atom is 0.145 e. The Morgan fingerprint density at radius 3 is 3.12 bits per heavy atom. The molecule has 4 nitrogen and oxygen atoms in total. The maximum absolute atomic E-state index is 5.63. The van der Waals surface area contributed by atoms with E-state index in [4.69, 9.17) is 4.74 Å². The van der Waals surface area contributed by atoms with E-state index in [9.17, 15) is 0 Å². The fraction of sp³-hybridized carbons (Fsp3) is 0. The molecule has 77 valence electrons. The van der Waals surface area contributed by atoms with Crippen LogP contribution >= 0.6 is 0 Å². The van der Waals surface area contributed by atoms with Gasteiger partial charge in [-0.1, -0.05) is 0 Å². The molecule has 0 spiro atoms. The lowest BCUT2D eigenvalue weighted by molar-refractivity contribution is 0.480. The lowest BCUT2D eigenvalue weighted by atomic mass is 10.4. The van der Waals surface area contributed by atoms with Crippen molar-refractivity contribution in [3.05, 3.63) is 55.2 Å². The summed E-state index contributed by atoms with van der Waals surface area (Å²) in [7, 11) is 0. The summed E-state index contributed by atoms with van der Waals surface area (Å²) in [5.41, 5.74) is 0.807. The van der Waals surface area contributed by atoms with Crippen LogP contribution in [0, 0.1) is 6.20 Å². The second-order valence-corrected chi connectivity index (χ2v) is 3.27. The predicted octanol–water partition coefficient (Wildman–Crippen LogP) is 2.32. The Kier molecular flexibility index (Phi) is 2.04. The lowest BCUT2D eigenvalue weighted by Gasteiger charge is -2.04. The molecule has 0 aromatic carbocycles. The van der Waals surface area contributed by atoms with E-state index in [0.29, 0.717) is 5.75 Å². The monoisotopic (exact) mass is 210 g/mol. The Morgan fingerprint density at radius 1 is 1.25 bits per heavy atom. The van der Waals surface area contributed by atoms with Crippen LogP contribution in [0.1, 0.15) is 0 Å². The third kappa shape index (κ3) is 1.61. The SMILES string of the molecule is [c]1cnc2cc(Oc3cccnc3)ccn12. The van der Waals surface area contributed by atoms with Crippen LogP contribution < -0.4 is 4.74 Å². The van der Waals surface area contributed by atoms with Crippen molar-refractivity contribution in [1.29, 1.82) is 0 Å². The standard InChI is InChI=1S/C12H8N3O/c1-2-11(9-13-4-1)16-10-3-6-15-7-5-14-12(15)8-10/h1-6,8-9H. The van der Waals surface area contributed by atoms with E-state index in [-0.39, 0.29) is 0 Å². The molecule has 0 unspecified atom stereocenters. The van der Waals surface area contributed by atoms with Crippen LogP contribution in [0.5, 0.6) is 11.5 Å². The molecule has 3 rings (SSSR count). The quantitative estimate of drug-likeness (QED) is 0.651. The molecule has 0 amide bonds. The second kappa shape index (κ2) is 3.66. The fourth-order valence-electron chi connectivity index (χ4n) is 1.44. The van der Waals surface area contributed by atoms with Crippen molar-refractivity contribution in [2.75, 3.05) is 0 Å². The van der Waals surface area contributed by atoms with Crippen LogP contribution in [0.2, 0.25) is 0 Å². The molecule has 0 fully saturated rings. The summed E-state index contributed by atoms with van der Waals surface area (Å²) in [6.07, 6.45) is 9.81. The number of aromatic nitrogens is 3. The molecule has 1 radical (unpaired) electrons. The summed E-state index contributed by atoms with van der Waals surface area (Å²) in [5, 5.41) is 0. The van der Waals surface area contributed by atoms with Gasteiger partial charge in [0.2, 0.25) is 0 Å². The van der Waals surface area contributed by atoms with Crippen LogP contribution in [0.15, 0.2) is 49.1 Å². The Morgan fingerprint density at radius 2 is 2.25 bits per heavy atom. The zero-order chi connectivity index (χ0) is 10.8. The largest absolute Gasteiger partial charge is 0.456 e. The maximum atomic E-state index is 5.63. The van der Waals surface area contributed by atoms with E-state index < -0.39 is 0 Å². The minimum atomic E-state index is 0.711. The molecule has 0 aliphatic heterocycles. The fourth-order valence-corrected chi connectivity index (χ4v) is 1.44. The normalized spacial score (nSPS) is 10.5. The molecular weight excluding hydrogens is 202 g/mol. The number of hydrogen-bond donors (Lipinski definition) is 0. The molecule has 3 aromatic heterocycles. The summed E-state index contributed by atoms with van der Waals surface area (Å²) < 4.78 is 7.43. The van der Waals surface area contributed by atoms with Gasteiger partial charge in [-0.2, -0.15) is 0 Å². The first-order valence-corrected chi connectivity index (χ1v) is 4.84. The van der Waals surface area contributed by atoms with E-state index >= 15 is 0 Å². The number of hydrogen-bond acceptors (Lipinski definition) is 3. The van der Waals surface area contributed by atoms with Crippen LogP contribution in [-0.4, -0.2) is 14.4 Å². The highest BCUT2D eigenvalue weighted by atomic mass is 16.5. The number of nitrogens with zero attached hydrogens (tertiary/aromatic N) is 3. The van der Waals surface area contributed by atoms with Crippen molar-refractivity contribution < 1.29 is 4.74 Å². The van der Waals surface area contributed by atoms with Gasteiger partial charge in [-0.15, -0.1) is 0 Å². The molecule has 0 aliphatic carbocycles. The molecule has 0 saturated heterocycles. The lowest BCUT2D eigenvalue weighted by Crippen LogP contribution is -1.87. The highest BCUT2D eigenvalue weighted by molar-refractivity contribution is 5.45. The van der Waals surface area contributed by atoms with Gasteiger partial charge in [-0.3, -0.25) is 9.38 Å². The number of imidazole rings is 1. The van der Waals surface area contributed by atoms with Gasteiger partial charge in [0, 0.05) is 18.5 Å². The molecule has 16 heavy (non-hydrogen) atoms. The summed E-state index contributed by atoms with van der Waals surface area (Å²) in [6.45, 7) is 0. The topological polar surface area (TPSA) is 39.4 Å². The van der Waals surface area contributed by atoms with Gasteiger partial charge in [-0.05, 0) is 18.2 Å². The molecule has 0 saturated carbocycles. The average Bonchev–Trinajstić information content (AvgIpc) is 2.77. The van der Waals surface area contributed by atoms with Crippen molar-refractivity contribution in [3.8, 4) is 11.5 Å². The molecule has 4 heteroatoms. The Bertz CT molecular complexity index is 604. The molecule has 0 N–H and O–H groups in total. The molecule has 0 atom stereocenters. The first-order valence-electron chi connectivity index (χ1n) is 4.84. The van der Waals surface area contributed by atoms with Crippen LogP contribution in [-0.2, 0) is 0 Å². The average molecular weight is 210 g/mol. The highest BCUT2D eigenvalue weighted by Crippen LogP contribution is 2.20. The van der Waals surface area contributed by atoms with Gasteiger partial charge >= 0.3 is 0 Å². The number of fused-ring (bicyclic) bond motifs is 1. The molecule has 3 heterocycles. The summed E-state index contributed by atoms with van der Waals surface area (Å²) in [6, 6.07) is 7.40. The minimum absolute atomic E-state index is 0.711. The van der Waals surface area contributed by atoms with Crippen molar-refractivity contribution in [2.24, 2.45) is 0 Å². The number of ether oxygens (including phenoxy) is 1. The van der Waals surface area contributed by atoms with E-state index in [2.05, 4.69) is 16.2 Å². The molecule has 0 aliphatic rings. The van der Waals surface area contributed by atoms with Crippen molar-refractivity contribution in [2.45, 2.75) is 0 Å². The third-order valence-electron chi connectivity index (χ3n) is 2.17. The van der Waals surface area contributed by atoms with E-state index in [1.54, 1.807) is 23.0 Å². The third-order valence-corrected chi connectivity index (χ3v) is 2.17. The molecule has 0 bridgehead atoms. The first kappa shape index (κ1) is 8.91. The van der Waals surface area contributed by atoms with Crippen molar-refractivity contribution >= 4 is 5.65 Å². The van der Waals surface area contributed by atoms with Crippen molar-refractivity contribution in [3.63, 3.8) is 0 Å². The Labute approximate surface area is 92.2 Å². The van der Waals surface area contributed by atoms with Gasteiger partial charge < -0.3 is 4.74 Å². The summed E-state index contributed by atoms with van der Waals surface area (Å²) in [5.74, 6) is 1.45. The van der Waals surface area contributed by atoms with Crippen LogP contribution in [0.3, 0.4) is 0 Å². The van der Waals surface area contributed by atoms with Gasteiger partial charge in [-0.25, -0.2) is 4.98 Å². The van der Waals surface area contributed by atoms with Gasteiger partial charge in [0.25, 0.3) is 0 Å². The first-order chi connectivity index (χ1) is 7.92. The number of pyridine rings is 2. The van der Waals surface area contributed by atoms with Gasteiger partial charge in [0.15, 0.2) is 0 Å². The van der Waals surface area contributed by atoms with Crippen molar-refractivity contribution in [1.82, 2.24) is 14.4 Å². The van der Waals surface area contributed by atoms with E-state index in [1.807, 2.05) is 30.5 Å². The predicted molar refractivity (Wildman–Crippen MR) is 58.3 cm³/mol. The smallest absolute Gasteiger partial charge is 0.145 e. The zero-order valence-corrected chi connectivity index (χ0v) is 8.37. The zero-order valence-electron chi connectivity index (χ0n) is 8.37. The van der Waals surface area contributed by atoms with Crippen LogP contribution in [0.4, 0.5) is 0 Å². The summed E-state index contributed by atoms with van der Waals surface area (Å²) in [4.78, 5) is 8.11. The van der Waals surface area contributed by atoms with Crippen LogP contribution in [0.25, 0.3) is 5.65 Å². The second-order valence-electron chi connectivity index (χ2n) is 3.27. The number of rotatable bonds is 2. The minimum Gasteiger partial charge on any atom is -0.456 e. The summed E-state index contributed by atoms with van der Waals surface area (Å²) >= 11 is 0. The Hall–Kier alpha value is -2.36. The molecular formula is C12H8N3O. The van der Waals surface area contributed by atoms with E-state index in [1.165, 1.54) is 0 Å². The highest BCUT2D eigenvalue weighted by Gasteiger charge is 1.99. The van der Waals surface area contributed by atoms with Gasteiger partial charge in [0.05, 0.1) is 18.6 Å². The van der Waals surface area contributed by atoms with E-state index in [0.717, 1.165) is 11.4 Å².